The molecule has 0 atom stereocenters. The van der Waals surface area contributed by atoms with E-state index in [9.17, 15) is 0 Å². The predicted molar refractivity (Wildman–Crippen MR) is 89.9 cm³/mol. The number of rotatable bonds is 3. The Balaban J connectivity index is 1.43. The fourth-order valence-electron chi connectivity index (χ4n) is 3.37. The van der Waals surface area contributed by atoms with Gasteiger partial charge in [-0.1, -0.05) is 18.2 Å². The number of aromatic amines is 1. The standard InChI is InChI=1S/C16H19N5S/c17-16-19-15(20-22-16)10-21-7-5-11(6-8-21)13-9-18-14-4-2-1-3-12(13)14/h1-4,9,11,18H,5-8,10H2,(H2,17,19,20). The van der Waals surface area contributed by atoms with E-state index in [0.717, 1.165) is 25.5 Å². The van der Waals surface area contributed by atoms with Gasteiger partial charge in [0.1, 0.15) is 0 Å². The number of aromatic nitrogens is 3. The van der Waals surface area contributed by atoms with Crippen LogP contribution in [-0.2, 0) is 6.54 Å². The van der Waals surface area contributed by atoms with Crippen molar-refractivity contribution < 1.29 is 0 Å². The van der Waals surface area contributed by atoms with E-state index in [1.807, 2.05) is 0 Å². The summed E-state index contributed by atoms with van der Waals surface area (Å²) in [6.45, 7) is 2.99. The molecule has 6 heteroatoms. The highest BCUT2D eigenvalue weighted by molar-refractivity contribution is 7.09. The number of para-hydroxylation sites is 1. The summed E-state index contributed by atoms with van der Waals surface area (Å²) in [5.74, 6) is 1.49. The minimum Gasteiger partial charge on any atom is -0.374 e. The molecular weight excluding hydrogens is 294 g/mol. The first-order valence-electron chi connectivity index (χ1n) is 7.66. The van der Waals surface area contributed by atoms with Crippen LogP contribution in [0.3, 0.4) is 0 Å². The second kappa shape index (κ2) is 5.70. The van der Waals surface area contributed by atoms with Crippen molar-refractivity contribution in [1.29, 1.82) is 0 Å². The van der Waals surface area contributed by atoms with Crippen molar-refractivity contribution in [2.45, 2.75) is 25.3 Å². The summed E-state index contributed by atoms with van der Waals surface area (Å²) in [5, 5.41) is 1.93. The van der Waals surface area contributed by atoms with Crippen molar-refractivity contribution in [3.05, 3.63) is 41.9 Å². The fraction of sp³-hybridized carbons (Fsp3) is 0.375. The molecular formula is C16H19N5S. The molecule has 22 heavy (non-hydrogen) atoms. The molecule has 0 spiro atoms. The van der Waals surface area contributed by atoms with Crippen LogP contribution >= 0.6 is 11.5 Å². The van der Waals surface area contributed by atoms with Gasteiger partial charge < -0.3 is 10.7 Å². The van der Waals surface area contributed by atoms with E-state index in [-0.39, 0.29) is 0 Å². The molecule has 3 N–H and O–H groups in total. The molecule has 1 aliphatic rings. The number of piperidine rings is 1. The molecule has 2 aromatic heterocycles. The number of benzene rings is 1. The number of nitrogen functional groups attached to an aromatic ring is 1. The predicted octanol–water partition coefficient (Wildman–Crippen LogP) is 2.98. The maximum atomic E-state index is 5.65. The quantitative estimate of drug-likeness (QED) is 0.780. The number of anilines is 1. The number of hydrogen-bond acceptors (Lipinski definition) is 5. The third kappa shape index (κ3) is 2.60. The van der Waals surface area contributed by atoms with Crippen LogP contribution in [0.4, 0.5) is 5.13 Å². The largest absolute Gasteiger partial charge is 0.374 e. The molecule has 0 radical (unpaired) electrons. The molecule has 3 heterocycles. The lowest BCUT2D eigenvalue weighted by Gasteiger charge is -2.31. The average molecular weight is 313 g/mol. The van der Waals surface area contributed by atoms with Gasteiger partial charge in [0.05, 0.1) is 6.54 Å². The van der Waals surface area contributed by atoms with E-state index < -0.39 is 0 Å². The Bertz CT molecular complexity index is 770. The van der Waals surface area contributed by atoms with Crippen LogP contribution in [0.1, 0.15) is 30.1 Å². The van der Waals surface area contributed by atoms with Gasteiger partial charge in [0.2, 0.25) is 0 Å². The first-order chi connectivity index (χ1) is 10.8. The van der Waals surface area contributed by atoms with Crippen LogP contribution in [0.5, 0.6) is 0 Å². The van der Waals surface area contributed by atoms with Crippen molar-refractivity contribution >= 4 is 27.6 Å². The van der Waals surface area contributed by atoms with Crippen molar-refractivity contribution in [2.24, 2.45) is 0 Å². The number of hydrogen-bond donors (Lipinski definition) is 2. The van der Waals surface area contributed by atoms with Gasteiger partial charge >= 0.3 is 0 Å². The Morgan fingerprint density at radius 3 is 2.86 bits per heavy atom. The van der Waals surface area contributed by atoms with Crippen molar-refractivity contribution in [1.82, 2.24) is 19.2 Å². The Labute approximate surface area is 133 Å². The van der Waals surface area contributed by atoms with Crippen LogP contribution in [0.25, 0.3) is 10.9 Å². The number of likely N-dealkylation sites (tertiary alicyclic amines) is 1. The van der Waals surface area contributed by atoms with Crippen molar-refractivity contribution in [2.75, 3.05) is 18.8 Å². The molecule has 4 rings (SSSR count). The number of fused-ring (bicyclic) bond motifs is 1. The van der Waals surface area contributed by atoms with Crippen molar-refractivity contribution in [3.8, 4) is 0 Å². The molecule has 0 bridgehead atoms. The van der Waals surface area contributed by atoms with E-state index in [0.29, 0.717) is 11.0 Å². The van der Waals surface area contributed by atoms with Gasteiger partial charge in [-0.15, -0.1) is 0 Å². The van der Waals surface area contributed by atoms with Gasteiger partial charge in [-0.25, -0.2) is 4.98 Å². The molecule has 0 unspecified atom stereocenters. The molecule has 5 nitrogen and oxygen atoms in total. The fourth-order valence-corrected chi connectivity index (χ4v) is 3.81. The molecule has 3 aromatic rings. The lowest BCUT2D eigenvalue weighted by atomic mass is 9.89. The monoisotopic (exact) mass is 313 g/mol. The summed E-state index contributed by atoms with van der Waals surface area (Å²) < 4.78 is 4.28. The van der Waals surface area contributed by atoms with Crippen LogP contribution < -0.4 is 5.73 Å². The van der Waals surface area contributed by atoms with E-state index in [2.05, 4.69) is 49.7 Å². The van der Waals surface area contributed by atoms with E-state index in [1.54, 1.807) is 0 Å². The molecule has 1 aliphatic heterocycles. The topological polar surface area (TPSA) is 70.8 Å². The normalized spacial score (nSPS) is 17.3. The lowest BCUT2D eigenvalue weighted by Crippen LogP contribution is -2.32. The highest BCUT2D eigenvalue weighted by atomic mass is 32.1. The second-order valence-corrected chi connectivity index (χ2v) is 6.67. The maximum Gasteiger partial charge on any atom is 0.199 e. The molecule has 114 valence electrons. The summed E-state index contributed by atoms with van der Waals surface area (Å²) in [4.78, 5) is 10.1. The van der Waals surface area contributed by atoms with E-state index in [1.165, 1.54) is 40.8 Å². The lowest BCUT2D eigenvalue weighted by molar-refractivity contribution is 0.201. The second-order valence-electron chi connectivity index (χ2n) is 5.89. The molecule has 0 aliphatic carbocycles. The first kappa shape index (κ1) is 13.7. The van der Waals surface area contributed by atoms with Crippen LogP contribution in [-0.4, -0.2) is 32.3 Å². The minimum atomic E-state index is 0.559. The van der Waals surface area contributed by atoms with Gasteiger partial charge in [0.25, 0.3) is 0 Å². The zero-order valence-electron chi connectivity index (χ0n) is 12.3. The third-order valence-corrected chi connectivity index (χ3v) is 5.08. The summed E-state index contributed by atoms with van der Waals surface area (Å²) in [6.07, 6.45) is 4.55. The van der Waals surface area contributed by atoms with Gasteiger partial charge in [-0.05, 0) is 43.5 Å². The maximum absolute atomic E-state index is 5.65. The van der Waals surface area contributed by atoms with Crippen molar-refractivity contribution in [3.63, 3.8) is 0 Å². The van der Waals surface area contributed by atoms with Gasteiger partial charge in [0, 0.05) is 28.6 Å². The first-order valence-corrected chi connectivity index (χ1v) is 8.43. The van der Waals surface area contributed by atoms with Gasteiger partial charge in [0.15, 0.2) is 11.0 Å². The number of nitrogens with zero attached hydrogens (tertiary/aromatic N) is 3. The Hall–Kier alpha value is -1.92. The van der Waals surface area contributed by atoms with Gasteiger partial charge in [-0.3, -0.25) is 4.90 Å². The number of nitrogens with one attached hydrogen (secondary N) is 1. The number of H-pyrrole nitrogens is 1. The van der Waals surface area contributed by atoms with E-state index >= 15 is 0 Å². The Morgan fingerprint density at radius 2 is 2.09 bits per heavy atom. The average Bonchev–Trinajstić information content (AvgIpc) is 3.14. The summed E-state index contributed by atoms with van der Waals surface area (Å²) in [6, 6.07) is 8.56. The van der Waals surface area contributed by atoms with Crippen LogP contribution in [0.15, 0.2) is 30.5 Å². The molecule has 1 aromatic carbocycles. The zero-order valence-corrected chi connectivity index (χ0v) is 13.1. The van der Waals surface area contributed by atoms with Gasteiger partial charge in [-0.2, -0.15) is 4.37 Å². The summed E-state index contributed by atoms with van der Waals surface area (Å²) >= 11 is 1.28. The van der Waals surface area contributed by atoms with Crippen LogP contribution in [0.2, 0.25) is 0 Å². The van der Waals surface area contributed by atoms with Crippen LogP contribution in [0, 0.1) is 0 Å². The van der Waals surface area contributed by atoms with E-state index in [4.69, 9.17) is 5.73 Å². The SMILES string of the molecule is Nc1nc(CN2CCC(c3c[nH]c4ccccc34)CC2)ns1. The zero-order chi connectivity index (χ0) is 14.9. The molecule has 1 fully saturated rings. The molecule has 0 saturated carbocycles. The molecule has 1 saturated heterocycles. The third-order valence-electron chi connectivity index (χ3n) is 4.50. The highest BCUT2D eigenvalue weighted by Gasteiger charge is 2.23. The smallest absolute Gasteiger partial charge is 0.199 e. The summed E-state index contributed by atoms with van der Waals surface area (Å²) in [5.41, 5.74) is 8.35. The Kier molecular flexibility index (Phi) is 3.56. The molecule has 0 amide bonds. The minimum absolute atomic E-state index is 0.559. The number of nitrogens with two attached hydrogens (primary N) is 1. The Morgan fingerprint density at radius 1 is 1.27 bits per heavy atom. The summed E-state index contributed by atoms with van der Waals surface area (Å²) in [7, 11) is 0. The highest BCUT2D eigenvalue weighted by Crippen LogP contribution is 2.33.